The quantitative estimate of drug-likeness (QED) is 0.183. The molecule has 0 aliphatic heterocycles. The summed E-state index contributed by atoms with van der Waals surface area (Å²) in [6.07, 6.45) is -1.33. The van der Waals surface area contributed by atoms with Crippen molar-refractivity contribution in [2.45, 2.75) is 78.0 Å². The number of carbonyl (C=O) groups excluding carboxylic acids is 3. The Morgan fingerprint density at radius 3 is 2.02 bits per heavy atom. The largest absolute Gasteiger partial charge is 0.481 e. The van der Waals surface area contributed by atoms with E-state index in [4.69, 9.17) is 9.47 Å². The highest BCUT2D eigenvalue weighted by Gasteiger charge is 2.33. The maximum Gasteiger partial charge on any atom is 0.407 e. The predicted molar refractivity (Wildman–Crippen MR) is 176 cm³/mol. The van der Waals surface area contributed by atoms with Crippen LogP contribution in [0.5, 0.6) is 0 Å². The molecule has 3 aromatic rings. The van der Waals surface area contributed by atoms with Gasteiger partial charge in [-0.15, -0.1) is 0 Å². The van der Waals surface area contributed by atoms with Gasteiger partial charge in [-0.25, -0.2) is 14.0 Å². The molecule has 1 aliphatic rings. The molecule has 0 fully saturated rings. The minimum atomic E-state index is -1.18. The first-order valence-corrected chi connectivity index (χ1v) is 15.5. The van der Waals surface area contributed by atoms with Gasteiger partial charge in [0.25, 0.3) is 0 Å². The molecule has 3 aromatic carbocycles. The average molecular weight is 648 g/mol. The van der Waals surface area contributed by atoms with Crippen molar-refractivity contribution in [2.24, 2.45) is 5.41 Å². The average Bonchev–Trinajstić information content (AvgIpc) is 3.29. The molecule has 0 bridgehead atoms. The molecule has 0 heterocycles. The highest BCUT2D eigenvalue weighted by Crippen LogP contribution is 2.44. The second-order valence-electron chi connectivity index (χ2n) is 13.4. The predicted octanol–water partition coefficient (Wildman–Crippen LogP) is 6.63. The summed E-state index contributed by atoms with van der Waals surface area (Å²) >= 11 is 0. The van der Waals surface area contributed by atoms with Gasteiger partial charge in [-0.05, 0) is 94.3 Å². The van der Waals surface area contributed by atoms with Crippen molar-refractivity contribution >= 4 is 29.8 Å². The number of rotatable bonds is 11. The maximum atomic E-state index is 15.1. The number of benzene rings is 3. The summed E-state index contributed by atoms with van der Waals surface area (Å²) in [4.78, 5) is 49.7. The van der Waals surface area contributed by atoms with Crippen LogP contribution in [0.1, 0.15) is 70.6 Å². The number of carboxylic acids is 1. The van der Waals surface area contributed by atoms with Crippen LogP contribution in [0.4, 0.5) is 19.7 Å². The Hall–Kier alpha value is -4.93. The van der Waals surface area contributed by atoms with Gasteiger partial charge in [-0.1, -0.05) is 54.6 Å². The number of hydrogen-bond acceptors (Lipinski definition) is 6. The van der Waals surface area contributed by atoms with Crippen LogP contribution in [-0.2, 0) is 25.5 Å². The van der Waals surface area contributed by atoms with Gasteiger partial charge in [0.2, 0.25) is 5.91 Å². The number of halogens is 1. The summed E-state index contributed by atoms with van der Waals surface area (Å²) < 4.78 is 26.0. The summed E-state index contributed by atoms with van der Waals surface area (Å²) in [5.74, 6) is -2.58. The molecule has 0 aromatic heterocycles. The summed E-state index contributed by atoms with van der Waals surface area (Å²) in [7, 11) is 0. The Morgan fingerprint density at radius 1 is 0.872 bits per heavy atom. The van der Waals surface area contributed by atoms with Gasteiger partial charge >= 0.3 is 18.2 Å². The molecule has 0 saturated carbocycles. The molecule has 0 radical (unpaired) electrons. The van der Waals surface area contributed by atoms with Crippen LogP contribution in [-0.4, -0.2) is 53.5 Å². The third-order valence-corrected chi connectivity index (χ3v) is 7.90. The summed E-state index contributed by atoms with van der Waals surface area (Å²) in [5, 5.41) is 17.3. The van der Waals surface area contributed by atoms with Crippen molar-refractivity contribution in [3.63, 3.8) is 0 Å². The molecule has 4 N–H and O–H groups in total. The van der Waals surface area contributed by atoms with E-state index in [2.05, 4.69) is 16.0 Å². The number of amides is 3. The standard InChI is InChI=1S/C36H42FN3O7/c1-21(38-33(44)46-20-28-26-13-9-7-11-24(26)25-12-8-10-14-27(25)28)31(41)40-30-16-15-22(18-29(30)37)17-23(19-36(5,6)32(42)43)39-34(45)47-35(2,3)4/h7-16,18,21,23,28H,17,19-20H2,1-6H3,(H,38,44)(H,39,45)(H,40,41)(H,42,43). The number of aliphatic carboxylic acids is 1. The van der Waals surface area contributed by atoms with E-state index in [-0.39, 0.29) is 31.1 Å². The Balaban J connectivity index is 1.34. The van der Waals surface area contributed by atoms with Crippen LogP contribution in [0.15, 0.2) is 66.7 Å². The van der Waals surface area contributed by atoms with Crippen LogP contribution >= 0.6 is 0 Å². The fraction of sp³-hybridized carbons (Fsp3) is 0.389. The summed E-state index contributed by atoms with van der Waals surface area (Å²) in [5.41, 5.74) is 2.72. The van der Waals surface area contributed by atoms with Gasteiger partial charge in [0.05, 0.1) is 11.1 Å². The van der Waals surface area contributed by atoms with Crippen molar-refractivity contribution in [1.29, 1.82) is 0 Å². The second kappa shape index (κ2) is 14.2. The van der Waals surface area contributed by atoms with Gasteiger partial charge in [-0.2, -0.15) is 0 Å². The van der Waals surface area contributed by atoms with E-state index in [0.717, 1.165) is 22.3 Å². The zero-order chi connectivity index (χ0) is 34.5. The van der Waals surface area contributed by atoms with Gasteiger partial charge in [0.15, 0.2) is 0 Å². The van der Waals surface area contributed by atoms with E-state index in [1.165, 1.54) is 32.9 Å². The van der Waals surface area contributed by atoms with E-state index in [1.807, 2.05) is 48.5 Å². The molecule has 11 heteroatoms. The lowest BCUT2D eigenvalue weighted by Gasteiger charge is -2.28. The number of fused-ring (bicyclic) bond motifs is 3. The second-order valence-corrected chi connectivity index (χ2v) is 13.4. The SMILES string of the molecule is CC(NC(=O)OCC1c2ccccc2-c2ccccc21)C(=O)Nc1ccc(CC(CC(C)(C)C(=O)O)NC(=O)OC(C)(C)C)cc1F. The van der Waals surface area contributed by atoms with Crippen molar-refractivity contribution in [2.75, 3.05) is 11.9 Å². The monoisotopic (exact) mass is 647 g/mol. The zero-order valence-corrected chi connectivity index (χ0v) is 27.5. The van der Waals surface area contributed by atoms with Gasteiger partial charge in [-0.3, -0.25) is 9.59 Å². The molecule has 1 aliphatic carbocycles. The smallest absolute Gasteiger partial charge is 0.407 e. The molecule has 10 nitrogen and oxygen atoms in total. The number of ether oxygens (including phenoxy) is 2. The highest BCUT2D eigenvalue weighted by molar-refractivity contribution is 5.96. The molecule has 47 heavy (non-hydrogen) atoms. The number of carboxylic acid groups (broad SMARTS) is 1. The van der Waals surface area contributed by atoms with Gasteiger partial charge in [0.1, 0.15) is 24.1 Å². The summed E-state index contributed by atoms with van der Waals surface area (Å²) in [6, 6.07) is 18.3. The molecule has 0 saturated heterocycles. The Kier molecular flexibility index (Phi) is 10.6. The van der Waals surface area contributed by atoms with E-state index in [1.54, 1.807) is 26.8 Å². The highest BCUT2D eigenvalue weighted by atomic mass is 19.1. The lowest BCUT2D eigenvalue weighted by molar-refractivity contribution is -0.147. The number of carbonyl (C=O) groups is 4. The minimum absolute atomic E-state index is 0.0563. The lowest BCUT2D eigenvalue weighted by atomic mass is 9.84. The number of anilines is 1. The first kappa shape index (κ1) is 34.9. The van der Waals surface area contributed by atoms with Crippen molar-refractivity contribution in [1.82, 2.24) is 10.6 Å². The van der Waals surface area contributed by atoms with Gasteiger partial charge < -0.3 is 30.5 Å². The van der Waals surface area contributed by atoms with Gasteiger partial charge in [0, 0.05) is 12.0 Å². The van der Waals surface area contributed by atoms with E-state index in [0.29, 0.717) is 5.56 Å². The molecule has 250 valence electrons. The van der Waals surface area contributed by atoms with Crippen LogP contribution in [0.2, 0.25) is 0 Å². The Morgan fingerprint density at radius 2 is 1.47 bits per heavy atom. The molecule has 2 atom stereocenters. The van der Waals surface area contributed by atoms with Crippen molar-refractivity contribution in [3.8, 4) is 11.1 Å². The third-order valence-electron chi connectivity index (χ3n) is 7.90. The van der Waals surface area contributed by atoms with Crippen LogP contribution in [0, 0.1) is 11.2 Å². The zero-order valence-electron chi connectivity index (χ0n) is 27.5. The Bertz CT molecular complexity index is 1600. The van der Waals surface area contributed by atoms with Crippen molar-refractivity contribution in [3.05, 3.63) is 89.2 Å². The van der Waals surface area contributed by atoms with Crippen LogP contribution in [0.25, 0.3) is 11.1 Å². The molecule has 4 rings (SSSR count). The lowest BCUT2D eigenvalue weighted by Crippen LogP contribution is -2.43. The Labute approximate surface area is 274 Å². The fourth-order valence-electron chi connectivity index (χ4n) is 5.55. The van der Waals surface area contributed by atoms with Crippen LogP contribution in [0.3, 0.4) is 0 Å². The summed E-state index contributed by atoms with van der Waals surface area (Å²) in [6.45, 7) is 9.74. The first-order chi connectivity index (χ1) is 22.0. The first-order valence-electron chi connectivity index (χ1n) is 15.5. The number of hydrogen-bond donors (Lipinski definition) is 4. The van der Waals surface area contributed by atoms with E-state index in [9.17, 15) is 24.3 Å². The molecular weight excluding hydrogens is 605 g/mol. The molecule has 2 unspecified atom stereocenters. The van der Waals surface area contributed by atoms with E-state index >= 15 is 4.39 Å². The third kappa shape index (κ3) is 9.08. The fourth-order valence-corrected chi connectivity index (χ4v) is 5.55. The minimum Gasteiger partial charge on any atom is -0.481 e. The topological polar surface area (TPSA) is 143 Å². The normalized spacial score (nSPS) is 13.9. The van der Waals surface area contributed by atoms with E-state index < -0.39 is 53.0 Å². The number of alkyl carbamates (subject to hydrolysis) is 2. The maximum absolute atomic E-state index is 15.1. The number of nitrogens with one attached hydrogen (secondary N) is 3. The molecular formula is C36H42FN3O7. The van der Waals surface area contributed by atoms with Crippen LogP contribution < -0.4 is 16.0 Å². The molecule has 0 spiro atoms. The van der Waals surface area contributed by atoms with Crippen molar-refractivity contribution < 1.29 is 38.1 Å². The molecule has 3 amide bonds.